The van der Waals surface area contributed by atoms with Crippen molar-refractivity contribution >= 4 is 0 Å². The number of nitrogens with zero attached hydrogens (tertiary/aromatic N) is 1. The topological polar surface area (TPSA) is 3.88 Å². The average molecular weight is 417 g/mol. The van der Waals surface area contributed by atoms with Gasteiger partial charge in [-0.15, -0.1) is 0 Å². The van der Waals surface area contributed by atoms with Gasteiger partial charge in [0.15, 0.2) is 12.4 Å². The van der Waals surface area contributed by atoms with E-state index in [1.807, 2.05) is 0 Å². The van der Waals surface area contributed by atoms with Crippen LogP contribution in [0.4, 0.5) is 0 Å². The van der Waals surface area contributed by atoms with Gasteiger partial charge in [0.1, 0.15) is 6.54 Å². The molecule has 1 rings (SSSR count). The van der Waals surface area contributed by atoms with E-state index in [0.29, 0.717) is 0 Å². The summed E-state index contributed by atoms with van der Waals surface area (Å²) in [7, 11) is 0. The molecule has 0 atom stereocenters. The molecule has 0 aromatic carbocycles. The van der Waals surface area contributed by atoms with Crippen LogP contribution in [0.3, 0.4) is 0 Å². The Morgan fingerprint density at radius 3 is 1.40 bits per heavy atom. The molecule has 0 N–H and O–H groups in total. The third-order valence-electron chi connectivity index (χ3n) is 6.51. The normalized spacial score (nSPS) is 11.3. The Kier molecular flexibility index (Phi) is 18.2. The number of hydrogen-bond donors (Lipinski definition) is 0. The Morgan fingerprint density at radius 2 is 0.933 bits per heavy atom. The smallest absolute Gasteiger partial charge is 0.172 e. The fraction of sp³-hybridized carbons (Fsp3) is 0.828. The molecule has 1 aromatic rings. The Labute approximate surface area is 190 Å². The maximum atomic E-state index is 2.44. The summed E-state index contributed by atoms with van der Waals surface area (Å²) >= 11 is 0. The van der Waals surface area contributed by atoms with E-state index in [4.69, 9.17) is 0 Å². The maximum Gasteiger partial charge on any atom is 0.172 e. The number of unbranched alkanes of at least 4 members (excludes halogenated alkanes) is 15. The van der Waals surface area contributed by atoms with Crippen molar-refractivity contribution in [1.82, 2.24) is 0 Å². The minimum absolute atomic E-state index is 1.20. The van der Waals surface area contributed by atoms with Crippen LogP contribution in [0.15, 0.2) is 18.5 Å². The molecule has 0 unspecified atom stereocenters. The van der Waals surface area contributed by atoms with Crippen LogP contribution in [0, 0.1) is 0 Å². The number of aromatic nitrogens is 1. The molecule has 0 saturated carbocycles. The highest BCUT2D eigenvalue weighted by Crippen LogP contribution is 2.14. The molecular weight excluding hydrogens is 362 g/mol. The highest BCUT2D eigenvalue weighted by Gasteiger charge is 2.08. The number of rotatable bonds is 21. The predicted molar refractivity (Wildman–Crippen MR) is 134 cm³/mol. The average Bonchev–Trinajstić information content (AvgIpc) is 2.75. The number of hydrogen-bond acceptors (Lipinski definition) is 0. The van der Waals surface area contributed by atoms with Gasteiger partial charge in [0.2, 0.25) is 0 Å². The molecule has 0 spiro atoms. The molecule has 0 aliphatic carbocycles. The van der Waals surface area contributed by atoms with Gasteiger partial charge in [-0.3, -0.25) is 0 Å². The summed E-state index contributed by atoms with van der Waals surface area (Å²) in [5.41, 5.74) is 3.15. The van der Waals surface area contributed by atoms with Crippen molar-refractivity contribution in [3.63, 3.8) is 0 Å². The Hall–Kier alpha value is -0.850. The lowest BCUT2D eigenvalue weighted by atomic mass is 10.0. The molecule has 1 nitrogen and oxygen atoms in total. The molecule has 30 heavy (non-hydrogen) atoms. The van der Waals surface area contributed by atoms with Crippen LogP contribution in [0.5, 0.6) is 0 Å². The van der Waals surface area contributed by atoms with E-state index in [0.717, 1.165) is 0 Å². The minimum Gasteiger partial charge on any atom is -0.205 e. The second kappa shape index (κ2) is 20.1. The molecule has 0 radical (unpaired) electrons. The van der Waals surface area contributed by atoms with E-state index in [2.05, 4.69) is 43.8 Å². The Morgan fingerprint density at radius 1 is 0.500 bits per heavy atom. The molecular formula is C29H54N+. The lowest BCUT2D eigenvalue weighted by molar-refractivity contribution is -0.697. The van der Waals surface area contributed by atoms with Gasteiger partial charge in [0.05, 0.1) is 0 Å². The Balaban J connectivity index is 1.94. The van der Waals surface area contributed by atoms with Crippen molar-refractivity contribution in [3.8, 4) is 0 Å². The summed E-state index contributed by atoms with van der Waals surface area (Å²) < 4.78 is 2.44. The number of aryl methyl sites for hydroxylation is 3. The van der Waals surface area contributed by atoms with Crippen molar-refractivity contribution in [2.75, 3.05) is 0 Å². The van der Waals surface area contributed by atoms with E-state index >= 15 is 0 Å². The second-order valence-electron chi connectivity index (χ2n) is 9.54. The SMILES string of the molecule is CCCCCCCCCCCCCCCCCC[n+]1ccc(CCC)c(CCC)c1. The molecule has 0 amide bonds. The summed E-state index contributed by atoms with van der Waals surface area (Å²) in [5, 5.41) is 0. The van der Waals surface area contributed by atoms with Gasteiger partial charge < -0.3 is 0 Å². The van der Waals surface area contributed by atoms with Crippen LogP contribution in [0.25, 0.3) is 0 Å². The van der Waals surface area contributed by atoms with Gasteiger partial charge in [-0.25, -0.2) is 4.57 Å². The first-order chi connectivity index (χ1) is 14.8. The number of pyridine rings is 1. The lowest BCUT2D eigenvalue weighted by Crippen LogP contribution is -2.33. The van der Waals surface area contributed by atoms with Crippen molar-refractivity contribution in [1.29, 1.82) is 0 Å². The van der Waals surface area contributed by atoms with E-state index in [-0.39, 0.29) is 0 Å². The monoisotopic (exact) mass is 416 g/mol. The highest BCUT2D eigenvalue weighted by molar-refractivity contribution is 5.21. The zero-order chi connectivity index (χ0) is 21.7. The first-order valence-electron chi connectivity index (χ1n) is 13.8. The van der Waals surface area contributed by atoms with Gasteiger partial charge in [0, 0.05) is 18.1 Å². The zero-order valence-electron chi connectivity index (χ0n) is 21.0. The van der Waals surface area contributed by atoms with Crippen LogP contribution in [0.2, 0.25) is 0 Å². The highest BCUT2D eigenvalue weighted by atomic mass is 14.9. The molecule has 0 aliphatic rings. The van der Waals surface area contributed by atoms with Crippen molar-refractivity contribution < 1.29 is 4.57 Å². The Bertz CT molecular complexity index is 493. The summed E-state index contributed by atoms with van der Waals surface area (Å²) in [4.78, 5) is 0. The zero-order valence-corrected chi connectivity index (χ0v) is 21.0. The standard InChI is InChI=1S/C29H54N/c1-4-7-8-9-10-11-12-13-14-15-16-17-18-19-20-21-25-30-26-24-28(22-5-2)29(27-30)23-6-3/h24,26-27H,4-23,25H2,1-3H3/q+1. The molecule has 1 heterocycles. The van der Waals surface area contributed by atoms with Crippen LogP contribution in [-0.2, 0) is 19.4 Å². The molecule has 1 heteroatoms. The van der Waals surface area contributed by atoms with Crippen molar-refractivity contribution in [3.05, 3.63) is 29.6 Å². The van der Waals surface area contributed by atoms with Crippen molar-refractivity contribution in [2.45, 2.75) is 156 Å². The van der Waals surface area contributed by atoms with Crippen LogP contribution >= 0.6 is 0 Å². The summed E-state index contributed by atoms with van der Waals surface area (Å²) in [6.07, 6.45) is 32.8. The molecule has 0 bridgehead atoms. The van der Waals surface area contributed by atoms with Gasteiger partial charge in [-0.1, -0.05) is 124 Å². The molecule has 0 saturated heterocycles. The summed E-state index contributed by atoms with van der Waals surface area (Å²) in [6, 6.07) is 2.38. The molecule has 1 aromatic heterocycles. The van der Waals surface area contributed by atoms with Gasteiger partial charge >= 0.3 is 0 Å². The summed E-state index contributed by atoms with van der Waals surface area (Å²) in [5.74, 6) is 0. The molecule has 174 valence electrons. The van der Waals surface area contributed by atoms with Gasteiger partial charge in [-0.05, 0) is 24.8 Å². The largest absolute Gasteiger partial charge is 0.205 e. The molecule has 0 aliphatic heterocycles. The van der Waals surface area contributed by atoms with Crippen molar-refractivity contribution in [2.24, 2.45) is 0 Å². The van der Waals surface area contributed by atoms with Gasteiger partial charge in [-0.2, -0.15) is 0 Å². The minimum atomic E-state index is 1.20. The first-order valence-corrected chi connectivity index (χ1v) is 13.8. The third kappa shape index (κ3) is 14.2. The van der Waals surface area contributed by atoms with Crippen LogP contribution in [-0.4, -0.2) is 0 Å². The maximum absolute atomic E-state index is 2.44. The first kappa shape index (κ1) is 27.2. The second-order valence-corrected chi connectivity index (χ2v) is 9.54. The van der Waals surface area contributed by atoms with Crippen LogP contribution < -0.4 is 4.57 Å². The molecule has 0 fully saturated rings. The van der Waals surface area contributed by atoms with E-state index in [1.165, 1.54) is 135 Å². The lowest BCUT2D eigenvalue weighted by Gasteiger charge is -2.07. The van der Waals surface area contributed by atoms with E-state index in [9.17, 15) is 0 Å². The van der Waals surface area contributed by atoms with E-state index < -0.39 is 0 Å². The quantitative estimate of drug-likeness (QED) is 0.139. The fourth-order valence-electron chi connectivity index (χ4n) is 4.61. The summed E-state index contributed by atoms with van der Waals surface area (Å²) in [6.45, 7) is 8.08. The predicted octanol–water partition coefficient (Wildman–Crippen LogP) is 9.14. The van der Waals surface area contributed by atoms with Gasteiger partial charge in [0.25, 0.3) is 0 Å². The fourth-order valence-corrected chi connectivity index (χ4v) is 4.61. The van der Waals surface area contributed by atoms with E-state index in [1.54, 1.807) is 11.1 Å². The van der Waals surface area contributed by atoms with Crippen LogP contribution in [0.1, 0.15) is 147 Å². The third-order valence-corrected chi connectivity index (χ3v) is 6.51.